The van der Waals surface area contributed by atoms with E-state index in [-0.39, 0.29) is 29.6 Å². The number of hydrogen-bond donors (Lipinski definition) is 1. The molecule has 0 aliphatic heterocycles. The Morgan fingerprint density at radius 3 is 1.50 bits per heavy atom. The van der Waals surface area contributed by atoms with Gasteiger partial charge < -0.3 is 4.89 Å². The van der Waals surface area contributed by atoms with Gasteiger partial charge in [0.15, 0.2) is 0 Å². The molecule has 0 aromatic carbocycles. The van der Waals surface area contributed by atoms with E-state index < -0.39 is 7.82 Å². The summed E-state index contributed by atoms with van der Waals surface area (Å²) in [4.78, 5) is 9.77. The van der Waals surface area contributed by atoms with E-state index in [1.54, 1.807) is 0 Å². The number of phosphoric ester groups is 1. The van der Waals surface area contributed by atoms with Crippen LogP contribution in [-0.4, -0.2) is 47.7 Å². The summed E-state index contributed by atoms with van der Waals surface area (Å²) in [6.45, 7) is 9.10. The number of unbranched alkanes of at least 4 members (excludes halogenated alkanes) is 2. The molecule has 0 bridgehead atoms. The zero-order valence-corrected chi connectivity index (χ0v) is 15.2. The fraction of sp³-hybridized carbons (Fsp3) is 1.00. The second kappa shape index (κ2) is 15.6. The Bertz CT molecular complexity index is 265. The Hall–Kier alpha value is 1.11. The van der Waals surface area contributed by atoms with Gasteiger partial charge in [0.2, 0.25) is 0 Å². The Kier molecular flexibility index (Phi) is 18.0. The van der Waals surface area contributed by atoms with Crippen molar-refractivity contribution in [3.05, 3.63) is 0 Å². The van der Waals surface area contributed by atoms with Gasteiger partial charge >= 0.3 is 37.4 Å². The van der Waals surface area contributed by atoms with Gasteiger partial charge in [-0.3, -0.25) is 9.05 Å². The molecule has 4 nitrogen and oxygen atoms in total. The summed E-state index contributed by atoms with van der Waals surface area (Å²) in [6, 6.07) is 0. The molecule has 0 amide bonds. The van der Waals surface area contributed by atoms with Crippen molar-refractivity contribution in [1.82, 2.24) is 0 Å². The second-order valence-electron chi connectivity index (χ2n) is 5.89. The van der Waals surface area contributed by atoms with E-state index in [1.165, 1.54) is 0 Å². The Balaban J connectivity index is 0. The molecule has 0 saturated heterocycles. The van der Waals surface area contributed by atoms with Gasteiger partial charge in [0.25, 0.3) is 0 Å². The van der Waals surface area contributed by atoms with Crippen LogP contribution in [0.3, 0.4) is 0 Å². The molecule has 0 heterocycles. The molecule has 0 aromatic heterocycles. The first-order valence-corrected chi connectivity index (χ1v) is 10.1. The van der Waals surface area contributed by atoms with Crippen molar-refractivity contribution in [3.8, 4) is 0 Å². The van der Waals surface area contributed by atoms with Gasteiger partial charge in [-0.05, 0) is 24.7 Å². The SMILES string of the molecule is CCCCC(CC)COP(=O)(O)OCC(CC)CCCC.[NaH]. The molecular weight excluding hydrogens is 310 g/mol. The zero-order chi connectivity index (χ0) is 16.1. The van der Waals surface area contributed by atoms with Crippen molar-refractivity contribution in [2.75, 3.05) is 13.2 Å². The number of rotatable bonds is 14. The summed E-state index contributed by atoms with van der Waals surface area (Å²) in [5.41, 5.74) is 0. The standard InChI is InChI=1S/C16H35O4P.Na.H/c1-5-9-11-15(7-3)13-19-21(17,18)20-14-16(8-4)12-10-6-2;;/h15-16H,5-14H2,1-4H3,(H,17,18);;. The van der Waals surface area contributed by atoms with Crippen molar-refractivity contribution in [1.29, 1.82) is 0 Å². The summed E-state index contributed by atoms with van der Waals surface area (Å²) < 4.78 is 22.2. The van der Waals surface area contributed by atoms with Crippen LogP contribution < -0.4 is 0 Å². The van der Waals surface area contributed by atoms with Crippen molar-refractivity contribution in [2.24, 2.45) is 11.8 Å². The average Bonchev–Trinajstić information content (AvgIpc) is 2.47. The molecule has 2 atom stereocenters. The van der Waals surface area contributed by atoms with Crippen LogP contribution in [0.15, 0.2) is 0 Å². The third-order valence-electron chi connectivity index (χ3n) is 4.03. The molecule has 0 aromatic rings. The van der Waals surface area contributed by atoms with E-state index in [0.717, 1.165) is 51.4 Å². The van der Waals surface area contributed by atoms with Gasteiger partial charge in [-0.25, -0.2) is 4.57 Å². The van der Waals surface area contributed by atoms with Crippen LogP contribution in [0, 0.1) is 11.8 Å². The maximum absolute atomic E-state index is 11.9. The molecule has 1 N–H and O–H groups in total. The van der Waals surface area contributed by atoms with Gasteiger partial charge in [-0.2, -0.15) is 0 Å². The predicted molar refractivity (Wildman–Crippen MR) is 95.5 cm³/mol. The topological polar surface area (TPSA) is 55.8 Å². The molecule has 0 radical (unpaired) electrons. The summed E-state index contributed by atoms with van der Waals surface area (Å²) in [6.07, 6.45) is 8.56. The molecule has 0 spiro atoms. The first-order valence-electron chi connectivity index (χ1n) is 8.60. The summed E-state index contributed by atoms with van der Waals surface area (Å²) >= 11 is 0. The second-order valence-corrected chi connectivity index (χ2v) is 7.35. The molecule has 130 valence electrons. The molecule has 22 heavy (non-hydrogen) atoms. The van der Waals surface area contributed by atoms with Gasteiger partial charge in [0.1, 0.15) is 0 Å². The van der Waals surface area contributed by atoms with E-state index in [9.17, 15) is 9.46 Å². The molecule has 0 aliphatic rings. The maximum atomic E-state index is 11.9. The third kappa shape index (κ3) is 13.5. The Labute approximate surface area is 159 Å². The Morgan fingerprint density at radius 2 is 1.23 bits per heavy atom. The zero-order valence-electron chi connectivity index (χ0n) is 14.3. The molecular formula is C16H36NaO4P. The van der Waals surface area contributed by atoms with Crippen molar-refractivity contribution >= 4 is 37.4 Å². The summed E-state index contributed by atoms with van der Waals surface area (Å²) in [5.74, 6) is 0.687. The van der Waals surface area contributed by atoms with Crippen molar-refractivity contribution in [3.63, 3.8) is 0 Å². The average molecular weight is 346 g/mol. The first kappa shape index (κ1) is 25.4. The van der Waals surface area contributed by atoms with Crippen LogP contribution in [0.1, 0.15) is 79.1 Å². The van der Waals surface area contributed by atoms with Crippen LogP contribution >= 0.6 is 7.82 Å². The fourth-order valence-corrected chi connectivity index (χ4v) is 3.11. The number of hydrogen-bond acceptors (Lipinski definition) is 3. The minimum atomic E-state index is -3.89. The van der Waals surface area contributed by atoms with Gasteiger partial charge in [0, 0.05) is 0 Å². The predicted octanol–water partition coefficient (Wildman–Crippen LogP) is 4.90. The van der Waals surface area contributed by atoms with Gasteiger partial charge in [0.05, 0.1) is 13.2 Å². The summed E-state index contributed by atoms with van der Waals surface area (Å²) in [7, 11) is -3.89. The van der Waals surface area contributed by atoms with E-state index in [4.69, 9.17) is 9.05 Å². The van der Waals surface area contributed by atoms with Crippen molar-refractivity contribution in [2.45, 2.75) is 79.1 Å². The molecule has 0 saturated carbocycles. The quantitative estimate of drug-likeness (QED) is 0.359. The normalized spacial score (nSPS) is 16.6. The van der Waals surface area contributed by atoms with Crippen molar-refractivity contribution < 1.29 is 18.5 Å². The molecule has 6 heteroatoms. The third-order valence-corrected chi connectivity index (χ3v) is 4.98. The molecule has 0 aliphatic carbocycles. The van der Waals surface area contributed by atoms with E-state index in [1.807, 2.05) is 0 Å². The molecule has 2 unspecified atom stereocenters. The monoisotopic (exact) mass is 346 g/mol. The van der Waals surface area contributed by atoms with E-state index >= 15 is 0 Å². The summed E-state index contributed by atoms with van der Waals surface area (Å²) in [5, 5.41) is 0. The van der Waals surface area contributed by atoms with Crippen LogP contribution in [0.5, 0.6) is 0 Å². The van der Waals surface area contributed by atoms with Gasteiger partial charge in [-0.15, -0.1) is 0 Å². The van der Waals surface area contributed by atoms with Crippen LogP contribution in [-0.2, 0) is 13.6 Å². The number of phosphoric acid groups is 1. The van der Waals surface area contributed by atoms with E-state index in [0.29, 0.717) is 25.0 Å². The first-order chi connectivity index (χ1) is 9.99. The molecule has 0 rings (SSSR count). The Morgan fingerprint density at radius 1 is 0.864 bits per heavy atom. The van der Waals surface area contributed by atoms with Gasteiger partial charge in [-0.1, -0.05) is 66.2 Å². The van der Waals surface area contributed by atoms with Crippen LogP contribution in [0.25, 0.3) is 0 Å². The fourth-order valence-electron chi connectivity index (χ4n) is 2.23. The van der Waals surface area contributed by atoms with Crippen LogP contribution in [0.4, 0.5) is 0 Å². The van der Waals surface area contributed by atoms with E-state index in [2.05, 4.69) is 27.7 Å². The molecule has 0 fully saturated rings. The minimum absolute atomic E-state index is 0. The van der Waals surface area contributed by atoms with Crippen LogP contribution in [0.2, 0.25) is 0 Å².